The Morgan fingerprint density at radius 3 is 2.95 bits per heavy atom. The van der Waals surface area contributed by atoms with E-state index in [1.165, 1.54) is 6.07 Å². The molecule has 1 heterocycles. The molecule has 0 saturated carbocycles. The van der Waals surface area contributed by atoms with Crippen LogP contribution in [0.4, 0.5) is 0 Å². The summed E-state index contributed by atoms with van der Waals surface area (Å²) in [5.74, 6) is 0. The Labute approximate surface area is 119 Å². The molecule has 0 aliphatic carbocycles. The standard InChI is InChI=1S/C13H18ClNO3S/c1-2-15-12-6-7-18-9-13(12)19(16,17)11-5-3-4-10(14)8-11/h3-5,8,12-13,15H,2,6-7,9H2,1H3. The molecule has 1 fully saturated rings. The maximum Gasteiger partial charge on any atom is 0.185 e. The van der Waals surface area contributed by atoms with Crippen LogP contribution >= 0.6 is 11.6 Å². The van der Waals surface area contributed by atoms with Crippen molar-refractivity contribution in [1.29, 1.82) is 0 Å². The van der Waals surface area contributed by atoms with E-state index in [0.29, 0.717) is 18.1 Å². The van der Waals surface area contributed by atoms with Crippen LogP contribution in [0.2, 0.25) is 5.02 Å². The topological polar surface area (TPSA) is 55.4 Å². The zero-order chi connectivity index (χ0) is 13.9. The van der Waals surface area contributed by atoms with Crippen molar-refractivity contribution in [2.45, 2.75) is 29.5 Å². The van der Waals surface area contributed by atoms with Crippen molar-refractivity contribution >= 4 is 21.4 Å². The Bertz CT molecular complexity index is 530. The molecule has 1 aromatic rings. The first-order chi connectivity index (χ1) is 9.05. The lowest BCUT2D eigenvalue weighted by Crippen LogP contribution is -2.50. The zero-order valence-corrected chi connectivity index (χ0v) is 12.4. The molecule has 0 bridgehead atoms. The van der Waals surface area contributed by atoms with E-state index < -0.39 is 15.1 Å². The molecule has 2 atom stereocenters. The molecule has 106 valence electrons. The lowest BCUT2D eigenvalue weighted by molar-refractivity contribution is 0.0812. The second-order valence-corrected chi connectivity index (χ2v) is 7.17. The van der Waals surface area contributed by atoms with Crippen LogP contribution in [0.15, 0.2) is 29.2 Å². The van der Waals surface area contributed by atoms with Crippen LogP contribution in [-0.2, 0) is 14.6 Å². The van der Waals surface area contributed by atoms with Crippen molar-refractivity contribution in [2.75, 3.05) is 19.8 Å². The van der Waals surface area contributed by atoms with Crippen molar-refractivity contribution in [3.8, 4) is 0 Å². The van der Waals surface area contributed by atoms with Crippen molar-refractivity contribution in [3.05, 3.63) is 29.3 Å². The molecule has 1 aliphatic rings. The molecule has 2 unspecified atom stereocenters. The number of sulfone groups is 1. The Hall–Kier alpha value is -0.620. The zero-order valence-electron chi connectivity index (χ0n) is 10.8. The minimum absolute atomic E-state index is 0.0669. The Morgan fingerprint density at radius 2 is 2.26 bits per heavy atom. The van der Waals surface area contributed by atoms with Crippen LogP contribution in [0.1, 0.15) is 13.3 Å². The summed E-state index contributed by atoms with van der Waals surface area (Å²) in [6.07, 6.45) is 0.707. The van der Waals surface area contributed by atoms with E-state index >= 15 is 0 Å². The van der Waals surface area contributed by atoms with Gasteiger partial charge in [-0.3, -0.25) is 0 Å². The second kappa shape index (κ2) is 6.22. The van der Waals surface area contributed by atoms with Gasteiger partial charge >= 0.3 is 0 Å². The van der Waals surface area contributed by atoms with Gasteiger partial charge in [-0.05, 0) is 31.2 Å². The molecule has 0 amide bonds. The number of halogens is 1. The lowest BCUT2D eigenvalue weighted by Gasteiger charge is -2.31. The minimum atomic E-state index is -3.43. The van der Waals surface area contributed by atoms with Gasteiger partial charge in [0.15, 0.2) is 9.84 Å². The second-order valence-electron chi connectivity index (χ2n) is 4.57. The number of nitrogens with one attached hydrogen (secondary N) is 1. The summed E-state index contributed by atoms with van der Waals surface area (Å²) in [5, 5.41) is 3.11. The number of ether oxygens (including phenoxy) is 1. The quantitative estimate of drug-likeness (QED) is 0.923. The van der Waals surface area contributed by atoms with Gasteiger partial charge in [0.2, 0.25) is 0 Å². The van der Waals surface area contributed by atoms with Gasteiger partial charge in [0.25, 0.3) is 0 Å². The highest BCUT2D eigenvalue weighted by Crippen LogP contribution is 2.25. The van der Waals surface area contributed by atoms with E-state index in [1.807, 2.05) is 6.92 Å². The Morgan fingerprint density at radius 1 is 1.47 bits per heavy atom. The first kappa shape index (κ1) is 14.8. The van der Waals surface area contributed by atoms with Gasteiger partial charge < -0.3 is 10.1 Å². The van der Waals surface area contributed by atoms with E-state index in [0.717, 1.165) is 6.54 Å². The first-order valence-electron chi connectivity index (χ1n) is 6.36. The van der Waals surface area contributed by atoms with Gasteiger partial charge in [-0.15, -0.1) is 0 Å². The molecular formula is C13H18ClNO3S. The predicted molar refractivity (Wildman–Crippen MR) is 75.3 cm³/mol. The fraction of sp³-hybridized carbons (Fsp3) is 0.538. The maximum atomic E-state index is 12.6. The van der Waals surface area contributed by atoms with E-state index in [9.17, 15) is 8.42 Å². The van der Waals surface area contributed by atoms with Crippen LogP contribution in [0.5, 0.6) is 0 Å². The van der Waals surface area contributed by atoms with Gasteiger partial charge in [-0.2, -0.15) is 0 Å². The highest BCUT2D eigenvalue weighted by atomic mass is 35.5. The Kier molecular flexibility index (Phi) is 4.84. The van der Waals surface area contributed by atoms with Crippen LogP contribution in [0.3, 0.4) is 0 Å². The van der Waals surface area contributed by atoms with E-state index in [-0.39, 0.29) is 17.5 Å². The molecular weight excluding hydrogens is 286 g/mol. The molecule has 1 aliphatic heterocycles. The maximum absolute atomic E-state index is 12.6. The van der Waals surface area contributed by atoms with Gasteiger partial charge in [-0.25, -0.2) is 8.42 Å². The van der Waals surface area contributed by atoms with Crippen molar-refractivity contribution < 1.29 is 13.2 Å². The average Bonchev–Trinajstić information content (AvgIpc) is 2.39. The summed E-state index contributed by atoms with van der Waals surface area (Å²) in [4.78, 5) is 0.262. The van der Waals surface area contributed by atoms with Gasteiger partial charge in [0, 0.05) is 17.7 Å². The molecule has 6 heteroatoms. The van der Waals surface area contributed by atoms with E-state index in [2.05, 4.69) is 5.32 Å². The number of rotatable bonds is 4. The normalized spacial score (nSPS) is 24.3. The summed E-state index contributed by atoms with van der Waals surface area (Å²) >= 11 is 5.88. The molecule has 4 nitrogen and oxygen atoms in total. The smallest absolute Gasteiger partial charge is 0.185 e. The SMILES string of the molecule is CCNC1CCOCC1S(=O)(=O)c1cccc(Cl)c1. The van der Waals surface area contributed by atoms with Crippen molar-refractivity contribution in [3.63, 3.8) is 0 Å². The van der Waals surface area contributed by atoms with Crippen LogP contribution in [0.25, 0.3) is 0 Å². The largest absolute Gasteiger partial charge is 0.380 e. The lowest BCUT2D eigenvalue weighted by atomic mass is 10.1. The van der Waals surface area contributed by atoms with Gasteiger partial charge in [-0.1, -0.05) is 24.6 Å². The van der Waals surface area contributed by atoms with Crippen LogP contribution in [-0.4, -0.2) is 39.5 Å². The monoisotopic (exact) mass is 303 g/mol. The molecule has 1 N–H and O–H groups in total. The molecule has 2 rings (SSSR count). The number of hydrogen-bond donors (Lipinski definition) is 1. The molecule has 1 saturated heterocycles. The summed E-state index contributed by atoms with van der Waals surface area (Å²) in [5.41, 5.74) is 0. The summed E-state index contributed by atoms with van der Waals surface area (Å²) in [7, 11) is -3.43. The molecule has 0 spiro atoms. The molecule has 0 aromatic heterocycles. The first-order valence-corrected chi connectivity index (χ1v) is 8.28. The fourth-order valence-electron chi connectivity index (χ4n) is 2.33. The average molecular weight is 304 g/mol. The van der Waals surface area contributed by atoms with E-state index in [1.54, 1.807) is 18.2 Å². The van der Waals surface area contributed by atoms with Crippen molar-refractivity contribution in [2.24, 2.45) is 0 Å². The summed E-state index contributed by atoms with van der Waals surface area (Å²) in [6.45, 7) is 3.54. The minimum Gasteiger partial charge on any atom is -0.380 e. The van der Waals surface area contributed by atoms with Gasteiger partial charge in [0.1, 0.15) is 5.25 Å². The third kappa shape index (κ3) is 3.28. The van der Waals surface area contributed by atoms with Crippen LogP contribution in [0, 0.1) is 0 Å². The highest BCUT2D eigenvalue weighted by molar-refractivity contribution is 7.92. The fourth-order valence-corrected chi connectivity index (χ4v) is 4.44. The molecule has 1 aromatic carbocycles. The van der Waals surface area contributed by atoms with Crippen molar-refractivity contribution in [1.82, 2.24) is 5.32 Å². The highest BCUT2D eigenvalue weighted by Gasteiger charge is 2.36. The van der Waals surface area contributed by atoms with E-state index in [4.69, 9.17) is 16.3 Å². The van der Waals surface area contributed by atoms with Crippen LogP contribution < -0.4 is 5.32 Å². The number of benzene rings is 1. The predicted octanol–water partition coefficient (Wildman–Crippen LogP) is 1.88. The van der Waals surface area contributed by atoms with Gasteiger partial charge in [0.05, 0.1) is 11.5 Å². The number of hydrogen-bond acceptors (Lipinski definition) is 4. The molecule has 0 radical (unpaired) electrons. The third-order valence-electron chi connectivity index (χ3n) is 3.29. The Balaban J connectivity index is 2.31. The summed E-state index contributed by atoms with van der Waals surface area (Å²) < 4.78 is 30.6. The summed E-state index contributed by atoms with van der Waals surface area (Å²) in [6, 6.07) is 6.33. The molecule has 19 heavy (non-hydrogen) atoms. The third-order valence-corrected chi connectivity index (χ3v) is 5.70.